The topological polar surface area (TPSA) is 101 Å². The maximum Gasteiger partial charge on any atom is 0.348 e. The Morgan fingerprint density at radius 2 is 2.11 bits per heavy atom. The number of aromatic nitrogens is 2. The minimum Gasteiger partial charge on any atom is -0.394 e. The van der Waals surface area contributed by atoms with Crippen LogP contribution in [0.3, 0.4) is 0 Å². The van der Waals surface area contributed by atoms with E-state index in [0.29, 0.717) is 12.2 Å². The molecule has 0 bridgehead atoms. The summed E-state index contributed by atoms with van der Waals surface area (Å²) in [5, 5.41) is 22.9. The molecule has 1 heterocycles. The molecule has 0 aliphatic heterocycles. The molecule has 1 rings (SSSR count). The smallest absolute Gasteiger partial charge is 0.348 e. The first-order valence-corrected chi connectivity index (χ1v) is 6.28. The van der Waals surface area contributed by atoms with Gasteiger partial charge in [0.25, 0.3) is 0 Å². The van der Waals surface area contributed by atoms with E-state index in [1.807, 2.05) is 6.92 Å². The molecule has 0 saturated heterocycles. The first-order chi connectivity index (χ1) is 8.80. The van der Waals surface area contributed by atoms with E-state index < -0.39 is 10.5 Å². The Balaban J connectivity index is 3.27. The van der Waals surface area contributed by atoms with Crippen molar-refractivity contribution in [2.45, 2.75) is 39.2 Å². The summed E-state index contributed by atoms with van der Waals surface area (Å²) in [6, 6.07) is 0. The van der Waals surface area contributed by atoms with Crippen molar-refractivity contribution in [2.75, 3.05) is 11.9 Å². The van der Waals surface area contributed by atoms with Crippen molar-refractivity contribution in [3.05, 3.63) is 21.1 Å². The normalized spacial score (nSPS) is 11.4. The lowest BCUT2D eigenvalue weighted by Crippen LogP contribution is -2.35. The van der Waals surface area contributed by atoms with E-state index in [2.05, 4.69) is 15.3 Å². The van der Waals surface area contributed by atoms with Crippen LogP contribution in [0.2, 0.25) is 5.15 Å². The van der Waals surface area contributed by atoms with Crippen molar-refractivity contribution in [3.8, 4) is 0 Å². The molecule has 0 aromatic carbocycles. The third-order valence-electron chi connectivity index (χ3n) is 2.40. The molecule has 0 unspecified atom stereocenters. The highest BCUT2D eigenvalue weighted by Gasteiger charge is 2.27. The van der Waals surface area contributed by atoms with Gasteiger partial charge in [-0.3, -0.25) is 10.1 Å². The molecule has 0 atom stereocenters. The standard InChI is InChI=1S/C11H17ClN4O3/c1-4-5-7-13-9(12)8(16(18)19)10(14-7)15-11(2,3)6-17/h17H,4-6H2,1-3H3,(H,13,14,15). The van der Waals surface area contributed by atoms with E-state index in [1.54, 1.807) is 13.8 Å². The van der Waals surface area contributed by atoms with Gasteiger partial charge in [-0.2, -0.15) is 0 Å². The van der Waals surface area contributed by atoms with Gasteiger partial charge in [0, 0.05) is 6.42 Å². The highest BCUT2D eigenvalue weighted by atomic mass is 35.5. The van der Waals surface area contributed by atoms with Crippen molar-refractivity contribution < 1.29 is 10.0 Å². The lowest BCUT2D eigenvalue weighted by atomic mass is 10.1. The molecule has 19 heavy (non-hydrogen) atoms. The summed E-state index contributed by atoms with van der Waals surface area (Å²) < 4.78 is 0. The van der Waals surface area contributed by atoms with E-state index >= 15 is 0 Å². The number of anilines is 1. The first-order valence-electron chi connectivity index (χ1n) is 5.90. The Hall–Kier alpha value is -1.47. The van der Waals surface area contributed by atoms with Crippen LogP contribution in [0.4, 0.5) is 11.5 Å². The van der Waals surface area contributed by atoms with Gasteiger partial charge < -0.3 is 10.4 Å². The number of aliphatic hydroxyl groups excluding tert-OH is 1. The number of nitrogens with zero attached hydrogens (tertiary/aromatic N) is 3. The molecule has 0 fully saturated rings. The second kappa shape index (κ2) is 6.12. The molecule has 0 radical (unpaired) electrons. The summed E-state index contributed by atoms with van der Waals surface area (Å²) in [7, 11) is 0. The predicted octanol–water partition coefficient (Wildman–Crippen LogP) is 2.17. The van der Waals surface area contributed by atoms with E-state index in [-0.39, 0.29) is 23.3 Å². The van der Waals surface area contributed by atoms with E-state index in [9.17, 15) is 15.2 Å². The molecule has 0 spiro atoms. The number of halogens is 1. The fraction of sp³-hybridized carbons (Fsp3) is 0.636. The Morgan fingerprint density at radius 3 is 2.58 bits per heavy atom. The second-order valence-electron chi connectivity index (χ2n) is 4.80. The van der Waals surface area contributed by atoms with Gasteiger partial charge in [0.1, 0.15) is 5.82 Å². The van der Waals surface area contributed by atoms with E-state index in [0.717, 1.165) is 6.42 Å². The van der Waals surface area contributed by atoms with Crippen LogP contribution in [0.5, 0.6) is 0 Å². The third kappa shape index (κ3) is 4.00. The summed E-state index contributed by atoms with van der Waals surface area (Å²) in [5.74, 6) is 0.474. The van der Waals surface area contributed by atoms with Gasteiger partial charge in [-0.15, -0.1) is 0 Å². The number of rotatable bonds is 6. The summed E-state index contributed by atoms with van der Waals surface area (Å²) >= 11 is 5.84. The number of hydrogen-bond donors (Lipinski definition) is 2. The SMILES string of the molecule is CCCc1nc(Cl)c([N+](=O)[O-])c(NC(C)(C)CO)n1. The van der Waals surface area contributed by atoms with Crippen molar-refractivity contribution >= 4 is 23.1 Å². The number of hydrogen-bond acceptors (Lipinski definition) is 6. The molecular weight excluding hydrogens is 272 g/mol. The molecule has 0 aliphatic rings. The maximum absolute atomic E-state index is 11.0. The zero-order valence-corrected chi connectivity index (χ0v) is 11.9. The summed E-state index contributed by atoms with van der Waals surface area (Å²) in [6.45, 7) is 5.15. The minimum absolute atomic E-state index is 0.0347. The van der Waals surface area contributed by atoms with Gasteiger partial charge in [-0.1, -0.05) is 18.5 Å². The Bertz CT molecular complexity index is 479. The average molecular weight is 289 g/mol. The van der Waals surface area contributed by atoms with Gasteiger partial charge in [-0.05, 0) is 20.3 Å². The highest BCUT2D eigenvalue weighted by molar-refractivity contribution is 6.31. The van der Waals surface area contributed by atoms with Crippen LogP contribution in [0.1, 0.15) is 33.0 Å². The molecule has 0 aliphatic carbocycles. The van der Waals surface area contributed by atoms with Gasteiger partial charge in [0.15, 0.2) is 0 Å². The van der Waals surface area contributed by atoms with Crippen molar-refractivity contribution in [1.82, 2.24) is 9.97 Å². The molecule has 1 aromatic heterocycles. The van der Waals surface area contributed by atoms with Crippen molar-refractivity contribution in [3.63, 3.8) is 0 Å². The summed E-state index contributed by atoms with van der Waals surface area (Å²) in [4.78, 5) is 18.4. The molecule has 0 saturated carbocycles. The predicted molar refractivity (Wildman–Crippen MR) is 72.5 cm³/mol. The average Bonchev–Trinajstić information content (AvgIpc) is 2.27. The van der Waals surface area contributed by atoms with Crippen molar-refractivity contribution in [2.24, 2.45) is 0 Å². The largest absolute Gasteiger partial charge is 0.394 e. The fourth-order valence-electron chi connectivity index (χ4n) is 1.42. The van der Waals surface area contributed by atoms with Gasteiger partial charge >= 0.3 is 5.69 Å². The molecule has 7 nitrogen and oxygen atoms in total. The molecule has 8 heteroatoms. The molecular formula is C11H17ClN4O3. The van der Waals surface area contributed by atoms with Crippen LogP contribution in [0.25, 0.3) is 0 Å². The zero-order chi connectivity index (χ0) is 14.6. The number of aliphatic hydroxyl groups is 1. The van der Waals surface area contributed by atoms with Gasteiger partial charge in [0.05, 0.1) is 17.1 Å². The second-order valence-corrected chi connectivity index (χ2v) is 5.16. The van der Waals surface area contributed by atoms with E-state index in [4.69, 9.17) is 11.6 Å². The number of nitro groups is 1. The third-order valence-corrected chi connectivity index (χ3v) is 2.66. The Morgan fingerprint density at radius 1 is 1.47 bits per heavy atom. The van der Waals surface area contributed by atoms with Crippen LogP contribution in [0, 0.1) is 10.1 Å². The molecule has 0 amide bonds. The van der Waals surface area contributed by atoms with E-state index in [1.165, 1.54) is 0 Å². The molecule has 2 N–H and O–H groups in total. The van der Waals surface area contributed by atoms with Crippen LogP contribution >= 0.6 is 11.6 Å². The Labute approximate surface area is 116 Å². The number of nitrogens with one attached hydrogen (secondary N) is 1. The van der Waals surface area contributed by atoms with Crippen molar-refractivity contribution in [1.29, 1.82) is 0 Å². The first kappa shape index (κ1) is 15.6. The minimum atomic E-state index is -0.744. The molecule has 106 valence electrons. The summed E-state index contributed by atoms with van der Waals surface area (Å²) in [5.41, 5.74) is -1.12. The van der Waals surface area contributed by atoms with Crippen LogP contribution in [-0.4, -0.2) is 32.1 Å². The molecule has 1 aromatic rings. The van der Waals surface area contributed by atoms with Crippen LogP contribution < -0.4 is 5.32 Å². The van der Waals surface area contributed by atoms with Crippen LogP contribution in [-0.2, 0) is 6.42 Å². The zero-order valence-electron chi connectivity index (χ0n) is 11.1. The highest BCUT2D eigenvalue weighted by Crippen LogP contribution is 2.31. The van der Waals surface area contributed by atoms with Crippen LogP contribution in [0.15, 0.2) is 0 Å². The Kier molecular flexibility index (Phi) is 5.02. The monoisotopic (exact) mass is 288 g/mol. The maximum atomic E-state index is 11.0. The summed E-state index contributed by atoms with van der Waals surface area (Å²) in [6.07, 6.45) is 1.38. The lowest BCUT2D eigenvalue weighted by molar-refractivity contribution is -0.384. The lowest BCUT2D eigenvalue weighted by Gasteiger charge is -2.24. The van der Waals surface area contributed by atoms with Gasteiger partial charge in [-0.25, -0.2) is 9.97 Å². The van der Waals surface area contributed by atoms with Gasteiger partial charge in [0.2, 0.25) is 11.0 Å². The number of aryl methyl sites for hydroxylation is 1. The fourth-order valence-corrected chi connectivity index (χ4v) is 1.67. The quantitative estimate of drug-likeness (QED) is 0.472.